The molecule has 4 nitrogen and oxygen atoms in total. The Morgan fingerprint density at radius 1 is 1.48 bits per heavy atom. The van der Waals surface area contributed by atoms with E-state index in [1.807, 2.05) is 4.90 Å². The molecule has 1 aromatic heterocycles. The number of nitrogens with zero attached hydrogens (tertiary/aromatic N) is 2. The van der Waals surface area contributed by atoms with Crippen LogP contribution in [0.15, 0.2) is 29.6 Å². The van der Waals surface area contributed by atoms with Crippen LogP contribution in [0.25, 0.3) is 10.6 Å². The van der Waals surface area contributed by atoms with Crippen LogP contribution in [0, 0.1) is 5.82 Å². The van der Waals surface area contributed by atoms with Gasteiger partial charge in [-0.05, 0) is 31.5 Å². The zero-order valence-corrected chi connectivity index (χ0v) is 13.9. The highest BCUT2D eigenvalue weighted by molar-refractivity contribution is 7.13. The topological polar surface area (TPSA) is 45.2 Å². The minimum absolute atomic E-state index is 0.0561. The van der Waals surface area contributed by atoms with Crippen LogP contribution in [0.2, 0.25) is 0 Å². The van der Waals surface area contributed by atoms with Crippen molar-refractivity contribution in [3.05, 3.63) is 41.2 Å². The van der Waals surface area contributed by atoms with Crippen LogP contribution in [0.4, 0.5) is 4.39 Å². The molecule has 2 aromatic rings. The van der Waals surface area contributed by atoms with Gasteiger partial charge in [0.15, 0.2) is 0 Å². The SMILES string of the molecule is CCCN(C(=O)c1csc(-c2ccccc2F)n1)C1CCNC1. The second-order valence-electron chi connectivity index (χ2n) is 5.66. The van der Waals surface area contributed by atoms with Crippen LogP contribution >= 0.6 is 11.3 Å². The summed E-state index contributed by atoms with van der Waals surface area (Å²) >= 11 is 1.31. The molecule has 1 saturated heterocycles. The van der Waals surface area contributed by atoms with Crippen molar-refractivity contribution in [1.29, 1.82) is 0 Å². The zero-order chi connectivity index (χ0) is 16.2. The number of halogens is 1. The number of carbonyl (C=O) groups excluding carboxylic acids is 1. The molecule has 3 rings (SSSR count). The van der Waals surface area contributed by atoms with E-state index in [-0.39, 0.29) is 17.8 Å². The summed E-state index contributed by atoms with van der Waals surface area (Å²) in [4.78, 5) is 19.1. The van der Waals surface area contributed by atoms with Gasteiger partial charge in [-0.25, -0.2) is 9.37 Å². The maximum Gasteiger partial charge on any atom is 0.273 e. The molecule has 122 valence electrons. The predicted octanol–water partition coefficient (Wildman–Crippen LogP) is 3.16. The molecule has 1 N–H and O–H groups in total. The second kappa shape index (κ2) is 7.19. The maximum absolute atomic E-state index is 13.9. The van der Waals surface area contributed by atoms with Gasteiger partial charge in [-0.2, -0.15) is 0 Å². The van der Waals surface area contributed by atoms with E-state index < -0.39 is 0 Å². The summed E-state index contributed by atoms with van der Waals surface area (Å²) in [7, 11) is 0. The van der Waals surface area contributed by atoms with Gasteiger partial charge >= 0.3 is 0 Å². The number of thiazole rings is 1. The van der Waals surface area contributed by atoms with Crippen molar-refractivity contribution in [3.63, 3.8) is 0 Å². The van der Waals surface area contributed by atoms with Gasteiger partial charge in [-0.1, -0.05) is 19.1 Å². The van der Waals surface area contributed by atoms with Crippen LogP contribution in [-0.2, 0) is 0 Å². The highest BCUT2D eigenvalue weighted by Crippen LogP contribution is 2.27. The molecule has 1 amide bonds. The summed E-state index contributed by atoms with van der Waals surface area (Å²) in [6.07, 6.45) is 1.88. The number of nitrogens with one attached hydrogen (secondary N) is 1. The first-order valence-electron chi connectivity index (χ1n) is 7.92. The summed E-state index contributed by atoms with van der Waals surface area (Å²) < 4.78 is 13.9. The van der Waals surface area contributed by atoms with Crippen LogP contribution in [0.3, 0.4) is 0 Å². The van der Waals surface area contributed by atoms with Gasteiger partial charge in [0.05, 0.1) is 0 Å². The standard InChI is InChI=1S/C17H20FN3OS/c1-2-9-21(12-7-8-19-10-12)17(22)15-11-23-16(20-15)13-5-3-4-6-14(13)18/h3-6,11-12,19H,2,7-10H2,1H3. The predicted molar refractivity (Wildman–Crippen MR) is 90.1 cm³/mol. The molecule has 0 spiro atoms. The van der Waals surface area contributed by atoms with E-state index in [4.69, 9.17) is 0 Å². The summed E-state index contributed by atoms with van der Waals surface area (Å²) in [5.74, 6) is -0.370. The summed E-state index contributed by atoms with van der Waals surface area (Å²) in [6.45, 7) is 4.55. The lowest BCUT2D eigenvalue weighted by atomic mass is 10.2. The number of rotatable bonds is 5. The first-order valence-corrected chi connectivity index (χ1v) is 8.80. The molecule has 6 heteroatoms. The number of aromatic nitrogens is 1. The van der Waals surface area contributed by atoms with Gasteiger partial charge < -0.3 is 10.2 Å². The zero-order valence-electron chi connectivity index (χ0n) is 13.1. The lowest BCUT2D eigenvalue weighted by molar-refractivity contribution is 0.0687. The maximum atomic E-state index is 13.9. The van der Waals surface area contributed by atoms with Crippen molar-refractivity contribution in [2.24, 2.45) is 0 Å². The molecule has 0 saturated carbocycles. The van der Waals surface area contributed by atoms with Gasteiger partial charge in [-0.3, -0.25) is 4.79 Å². The third-order valence-electron chi connectivity index (χ3n) is 4.03. The number of hydrogen-bond donors (Lipinski definition) is 1. The molecule has 1 aliphatic rings. The van der Waals surface area contributed by atoms with E-state index in [0.29, 0.717) is 16.3 Å². The summed E-state index contributed by atoms with van der Waals surface area (Å²) in [5, 5.41) is 5.57. The van der Waals surface area contributed by atoms with E-state index in [2.05, 4.69) is 17.2 Å². The largest absolute Gasteiger partial charge is 0.333 e. The Hall–Kier alpha value is -1.79. The van der Waals surface area contributed by atoms with Crippen LogP contribution < -0.4 is 5.32 Å². The smallest absolute Gasteiger partial charge is 0.273 e. The Balaban J connectivity index is 1.83. The molecular formula is C17H20FN3OS. The molecule has 23 heavy (non-hydrogen) atoms. The summed E-state index contributed by atoms with van der Waals surface area (Å²) in [5.41, 5.74) is 0.856. The van der Waals surface area contributed by atoms with E-state index >= 15 is 0 Å². The van der Waals surface area contributed by atoms with Crippen molar-refractivity contribution in [2.75, 3.05) is 19.6 Å². The first kappa shape index (κ1) is 16.1. The lowest BCUT2D eigenvalue weighted by Crippen LogP contribution is -2.42. The Morgan fingerprint density at radius 2 is 2.30 bits per heavy atom. The van der Waals surface area contributed by atoms with Crippen LogP contribution in [-0.4, -0.2) is 41.5 Å². The molecular weight excluding hydrogens is 313 g/mol. The molecule has 0 bridgehead atoms. The Bertz CT molecular complexity index is 682. The third kappa shape index (κ3) is 3.43. The molecule has 1 unspecified atom stereocenters. The normalized spacial score (nSPS) is 17.4. The average Bonchev–Trinajstić information content (AvgIpc) is 3.24. The van der Waals surface area contributed by atoms with Crippen molar-refractivity contribution in [3.8, 4) is 10.6 Å². The highest BCUT2D eigenvalue weighted by atomic mass is 32.1. The second-order valence-corrected chi connectivity index (χ2v) is 6.52. The van der Waals surface area contributed by atoms with E-state index in [0.717, 1.165) is 32.5 Å². The summed E-state index contributed by atoms with van der Waals surface area (Å²) in [6, 6.07) is 6.74. The Labute approximate surface area is 139 Å². The van der Waals surface area contributed by atoms with Gasteiger partial charge in [0.1, 0.15) is 16.5 Å². The fourth-order valence-electron chi connectivity index (χ4n) is 2.87. The minimum Gasteiger partial charge on any atom is -0.333 e. The number of benzene rings is 1. The third-order valence-corrected chi connectivity index (χ3v) is 4.90. The fourth-order valence-corrected chi connectivity index (χ4v) is 3.69. The lowest BCUT2D eigenvalue weighted by Gasteiger charge is -2.27. The minimum atomic E-state index is -0.314. The molecule has 1 aliphatic heterocycles. The molecule has 1 fully saturated rings. The van der Waals surface area contributed by atoms with Crippen molar-refractivity contribution in [2.45, 2.75) is 25.8 Å². The Kier molecular flexibility index (Phi) is 5.03. The molecule has 1 atom stereocenters. The van der Waals surface area contributed by atoms with Crippen molar-refractivity contribution < 1.29 is 9.18 Å². The fraction of sp³-hybridized carbons (Fsp3) is 0.412. The Morgan fingerprint density at radius 3 is 3.00 bits per heavy atom. The number of hydrogen-bond acceptors (Lipinski definition) is 4. The van der Waals surface area contributed by atoms with E-state index in [1.54, 1.807) is 23.6 Å². The van der Waals surface area contributed by atoms with E-state index in [1.165, 1.54) is 17.4 Å². The van der Waals surface area contributed by atoms with E-state index in [9.17, 15) is 9.18 Å². The monoisotopic (exact) mass is 333 g/mol. The van der Waals surface area contributed by atoms with Crippen LogP contribution in [0.1, 0.15) is 30.3 Å². The number of carbonyl (C=O) groups is 1. The van der Waals surface area contributed by atoms with Gasteiger partial charge in [-0.15, -0.1) is 11.3 Å². The van der Waals surface area contributed by atoms with Gasteiger partial charge in [0, 0.05) is 30.1 Å². The van der Waals surface area contributed by atoms with Crippen LogP contribution in [0.5, 0.6) is 0 Å². The average molecular weight is 333 g/mol. The molecule has 0 aliphatic carbocycles. The quantitative estimate of drug-likeness (QED) is 0.914. The highest BCUT2D eigenvalue weighted by Gasteiger charge is 2.28. The van der Waals surface area contributed by atoms with Gasteiger partial charge in [0.2, 0.25) is 0 Å². The molecule has 0 radical (unpaired) electrons. The van der Waals surface area contributed by atoms with Gasteiger partial charge in [0.25, 0.3) is 5.91 Å². The number of amides is 1. The van der Waals surface area contributed by atoms with Crippen molar-refractivity contribution >= 4 is 17.2 Å². The van der Waals surface area contributed by atoms with Crippen molar-refractivity contribution in [1.82, 2.24) is 15.2 Å². The first-order chi connectivity index (χ1) is 11.2. The molecule has 1 aromatic carbocycles. The molecule has 2 heterocycles.